The zero-order valence-electron chi connectivity index (χ0n) is 13.3. The maximum absolute atomic E-state index is 6.03. The summed E-state index contributed by atoms with van der Waals surface area (Å²) in [6.07, 6.45) is 5.10. The van der Waals surface area contributed by atoms with Gasteiger partial charge < -0.3 is 15.0 Å². The molecule has 1 unspecified atom stereocenters. The van der Waals surface area contributed by atoms with Crippen molar-refractivity contribution in [3.05, 3.63) is 41.8 Å². The molecule has 1 saturated heterocycles. The van der Waals surface area contributed by atoms with E-state index >= 15 is 0 Å². The van der Waals surface area contributed by atoms with Gasteiger partial charge in [0.15, 0.2) is 10.8 Å². The lowest BCUT2D eigenvalue weighted by atomic mass is 10.2. The maximum atomic E-state index is 6.03. The Bertz CT molecular complexity index is 832. The van der Waals surface area contributed by atoms with Gasteiger partial charge in [-0.1, -0.05) is 22.9 Å². The zero-order chi connectivity index (χ0) is 16.4. The van der Waals surface area contributed by atoms with E-state index in [1.165, 1.54) is 0 Å². The lowest BCUT2D eigenvalue weighted by molar-refractivity contribution is 0.266. The van der Waals surface area contributed by atoms with E-state index in [4.69, 9.17) is 16.3 Å². The van der Waals surface area contributed by atoms with E-state index in [1.54, 1.807) is 29.9 Å². The van der Waals surface area contributed by atoms with Gasteiger partial charge in [0.05, 0.1) is 22.0 Å². The van der Waals surface area contributed by atoms with Gasteiger partial charge in [-0.15, -0.1) is 12.4 Å². The molecule has 0 aliphatic carbocycles. The Labute approximate surface area is 160 Å². The number of fused-ring (bicyclic) bond motifs is 1. The molecule has 0 aromatic carbocycles. The van der Waals surface area contributed by atoms with Gasteiger partial charge >= 0.3 is 0 Å². The number of aromatic nitrogens is 3. The van der Waals surface area contributed by atoms with E-state index in [2.05, 4.69) is 25.2 Å². The standard InChI is InChI=1S/C16H16ClN5OS.ClH/c17-11-6-14-15(20-7-11)21-16(24-14)22-5-4-19-8-12(22)10-23-13-2-1-3-18-9-13;/h1-3,6-7,9,12,19H,4-5,8,10H2;1H. The van der Waals surface area contributed by atoms with Crippen molar-refractivity contribution in [2.45, 2.75) is 6.04 Å². The highest BCUT2D eigenvalue weighted by Crippen LogP contribution is 2.30. The Morgan fingerprint density at radius 1 is 1.40 bits per heavy atom. The molecule has 3 aromatic heterocycles. The number of nitrogens with zero attached hydrogens (tertiary/aromatic N) is 4. The quantitative estimate of drug-likeness (QED) is 0.729. The molecule has 4 heterocycles. The second-order valence-corrected chi connectivity index (χ2v) is 6.97. The highest BCUT2D eigenvalue weighted by molar-refractivity contribution is 7.22. The molecule has 0 radical (unpaired) electrons. The summed E-state index contributed by atoms with van der Waals surface area (Å²) < 4.78 is 6.89. The molecule has 3 aromatic rings. The van der Waals surface area contributed by atoms with Crippen LogP contribution in [0.25, 0.3) is 10.3 Å². The summed E-state index contributed by atoms with van der Waals surface area (Å²) in [4.78, 5) is 15.3. The summed E-state index contributed by atoms with van der Waals surface area (Å²) in [5.74, 6) is 0.778. The average molecular weight is 398 g/mol. The molecular formula is C16H17Cl2N5OS. The molecule has 1 aliphatic rings. The summed E-state index contributed by atoms with van der Waals surface area (Å²) in [5.41, 5.74) is 0.741. The smallest absolute Gasteiger partial charge is 0.188 e. The van der Waals surface area contributed by atoms with Crippen molar-refractivity contribution >= 4 is 50.8 Å². The van der Waals surface area contributed by atoms with Crippen molar-refractivity contribution in [2.75, 3.05) is 31.1 Å². The van der Waals surface area contributed by atoms with Crippen LogP contribution in [0.15, 0.2) is 36.8 Å². The Morgan fingerprint density at radius 2 is 2.32 bits per heavy atom. The Morgan fingerprint density at radius 3 is 3.16 bits per heavy atom. The first-order chi connectivity index (χ1) is 11.8. The number of ether oxygens (including phenoxy) is 1. The lowest BCUT2D eigenvalue weighted by Crippen LogP contribution is -2.54. The zero-order valence-corrected chi connectivity index (χ0v) is 15.7. The van der Waals surface area contributed by atoms with Crippen LogP contribution in [0.4, 0.5) is 5.13 Å². The number of piperazine rings is 1. The van der Waals surface area contributed by atoms with E-state index in [1.807, 2.05) is 18.2 Å². The van der Waals surface area contributed by atoms with Gasteiger partial charge in [-0.3, -0.25) is 4.98 Å². The van der Waals surface area contributed by atoms with Crippen molar-refractivity contribution in [3.8, 4) is 5.75 Å². The van der Waals surface area contributed by atoms with Gasteiger partial charge in [-0.2, -0.15) is 4.98 Å². The monoisotopic (exact) mass is 397 g/mol. The Balaban J connectivity index is 0.00000182. The number of hydrogen-bond donors (Lipinski definition) is 1. The van der Waals surface area contributed by atoms with Gasteiger partial charge in [-0.05, 0) is 18.2 Å². The average Bonchev–Trinajstić information content (AvgIpc) is 3.04. The van der Waals surface area contributed by atoms with Gasteiger partial charge in [0.2, 0.25) is 0 Å². The summed E-state index contributed by atoms with van der Waals surface area (Å²) in [5, 5.41) is 5.01. The number of nitrogens with one attached hydrogen (secondary N) is 1. The fourth-order valence-corrected chi connectivity index (χ4v) is 3.98. The van der Waals surface area contributed by atoms with Crippen molar-refractivity contribution in [2.24, 2.45) is 0 Å². The number of hydrogen-bond acceptors (Lipinski definition) is 7. The van der Waals surface area contributed by atoms with Crippen LogP contribution < -0.4 is 15.0 Å². The molecule has 1 atom stereocenters. The van der Waals surface area contributed by atoms with Crippen LogP contribution in [0.1, 0.15) is 0 Å². The lowest BCUT2D eigenvalue weighted by Gasteiger charge is -2.35. The molecule has 0 bridgehead atoms. The highest BCUT2D eigenvalue weighted by atomic mass is 35.5. The SMILES string of the molecule is Cl.Clc1cnc2nc(N3CCNCC3COc3cccnc3)sc2c1. The first kappa shape index (κ1) is 18.1. The second kappa shape index (κ2) is 8.14. The second-order valence-electron chi connectivity index (χ2n) is 5.52. The number of pyridine rings is 2. The van der Waals surface area contributed by atoms with Crippen molar-refractivity contribution < 1.29 is 4.74 Å². The van der Waals surface area contributed by atoms with Crippen LogP contribution in [0.5, 0.6) is 5.75 Å². The first-order valence-corrected chi connectivity index (χ1v) is 8.91. The minimum Gasteiger partial charge on any atom is -0.490 e. The first-order valence-electron chi connectivity index (χ1n) is 7.72. The van der Waals surface area contributed by atoms with Crippen LogP contribution in [-0.4, -0.2) is 47.2 Å². The van der Waals surface area contributed by atoms with Gasteiger partial charge in [0, 0.05) is 32.0 Å². The third kappa shape index (κ3) is 4.12. The molecule has 0 spiro atoms. The van der Waals surface area contributed by atoms with Crippen LogP contribution >= 0.6 is 35.3 Å². The Kier molecular flexibility index (Phi) is 5.90. The molecular weight excluding hydrogens is 381 g/mol. The van der Waals surface area contributed by atoms with Crippen molar-refractivity contribution in [3.63, 3.8) is 0 Å². The minimum atomic E-state index is 0. The molecule has 4 rings (SSSR count). The summed E-state index contributed by atoms with van der Waals surface area (Å²) in [7, 11) is 0. The number of rotatable bonds is 4. The fraction of sp³-hybridized carbons (Fsp3) is 0.312. The van der Waals surface area contributed by atoms with Crippen LogP contribution in [0.3, 0.4) is 0 Å². The van der Waals surface area contributed by atoms with Gasteiger partial charge in [-0.25, -0.2) is 4.98 Å². The third-order valence-electron chi connectivity index (χ3n) is 3.88. The number of thiazole rings is 1. The van der Waals surface area contributed by atoms with E-state index in [9.17, 15) is 0 Å². The molecule has 6 nitrogen and oxygen atoms in total. The summed E-state index contributed by atoms with van der Waals surface area (Å²) in [6, 6.07) is 5.90. The third-order valence-corrected chi connectivity index (χ3v) is 5.11. The maximum Gasteiger partial charge on any atom is 0.188 e. The number of anilines is 1. The van der Waals surface area contributed by atoms with E-state index in [-0.39, 0.29) is 18.4 Å². The van der Waals surface area contributed by atoms with E-state index in [0.717, 1.165) is 40.9 Å². The van der Waals surface area contributed by atoms with E-state index in [0.29, 0.717) is 11.6 Å². The molecule has 132 valence electrons. The molecule has 1 aliphatic heterocycles. The largest absolute Gasteiger partial charge is 0.490 e. The van der Waals surface area contributed by atoms with Crippen LogP contribution in [0, 0.1) is 0 Å². The highest BCUT2D eigenvalue weighted by Gasteiger charge is 2.26. The summed E-state index contributed by atoms with van der Waals surface area (Å²) in [6.45, 7) is 3.23. The molecule has 0 amide bonds. The molecule has 0 saturated carbocycles. The molecule has 25 heavy (non-hydrogen) atoms. The van der Waals surface area contributed by atoms with Crippen molar-refractivity contribution in [1.29, 1.82) is 0 Å². The molecule has 9 heteroatoms. The normalized spacial score (nSPS) is 17.3. The predicted octanol–water partition coefficient (Wildman–Crippen LogP) is 3.02. The summed E-state index contributed by atoms with van der Waals surface area (Å²) >= 11 is 7.64. The van der Waals surface area contributed by atoms with Gasteiger partial charge in [0.1, 0.15) is 12.4 Å². The molecule has 1 N–H and O–H groups in total. The van der Waals surface area contributed by atoms with E-state index < -0.39 is 0 Å². The predicted molar refractivity (Wildman–Crippen MR) is 103 cm³/mol. The van der Waals surface area contributed by atoms with Crippen LogP contribution in [0.2, 0.25) is 5.02 Å². The number of halogens is 2. The minimum absolute atomic E-state index is 0. The topological polar surface area (TPSA) is 63.2 Å². The molecule has 1 fully saturated rings. The Hall–Kier alpha value is -1.67. The van der Waals surface area contributed by atoms with Crippen LogP contribution in [-0.2, 0) is 0 Å². The van der Waals surface area contributed by atoms with Gasteiger partial charge in [0.25, 0.3) is 0 Å². The van der Waals surface area contributed by atoms with Crippen molar-refractivity contribution in [1.82, 2.24) is 20.3 Å². The fourth-order valence-electron chi connectivity index (χ4n) is 2.69.